The smallest absolute Gasteiger partial charge is 0.303 e. The van der Waals surface area contributed by atoms with Crippen molar-refractivity contribution >= 4 is 7.82 Å². The minimum Gasteiger partial charge on any atom is -0.303 e. The zero-order chi connectivity index (χ0) is 11.4. The molecule has 0 rings (SSSR count). The van der Waals surface area contributed by atoms with E-state index in [0.717, 1.165) is 0 Å². The molecular weight excluding hydrogens is 331 g/mol. The predicted octanol–water partition coefficient (Wildman–Crippen LogP) is 2.58. The van der Waals surface area contributed by atoms with Crippen molar-refractivity contribution in [3.05, 3.63) is 0 Å². The first-order valence-electron chi connectivity index (χ1n) is 4.90. The Hall–Kier alpha value is 1.49. The molecule has 3 N–H and O–H groups in total. The van der Waals surface area contributed by atoms with Crippen molar-refractivity contribution in [2.75, 3.05) is 0 Å². The summed E-state index contributed by atoms with van der Waals surface area (Å²) in [7, 11) is -4.64. The molecule has 0 radical (unpaired) electrons. The number of phosphoric acid groups is 1. The van der Waals surface area contributed by atoms with Crippen LogP contribution in [0.4, 0.5) is 0 Å². The van der Waals surface area contributed by atoms with Crippen molar-refractivity contribution in [2.24, 2.45) is 0 Å². The van der Waals surface area contributed by atoms with Gasteiger partial charge in [-0.15, -0.1) is 0 Å². The second-order valence-electron chi connectivity index (χ2n) is 2.97. The monoisotopic (exact) mass is 352 g/mol. The van der Waals surface area contributed by atoms with Crippen molar-refractivity contribution in [1.29, 1.82) is 0 Å². The van der Waals surface area contributed by atoms with Gasteiger partial charge in [0.25, 0.3) is 0 Å². The molecule has 86 valence electrons. The van der Waals surface area contributed by atoms with E-state index in [0.29, 0.717) is 0 Å². The van der Waals surface area contributed by atoms with Crippen molar-refractivity contribution in [3.63, 3.8) is 0 Å². The molecule has 0 amide bonds. The molecule has 0 unspecified atom stereocenters. The molecule has 0 aliphatic carbocycles. The summed E-state index contributed by atoms with van der Waals surface area (Å²) in [6.45, 7) is 4.59. The normalized spacial score (nSPS) is 10.4. The van der Waals surface area contributed by atoms with Gasteiger partial charge in [0.2, 0.25) is 0 Å². The molecular formula is C8H21CeO4P. The van der Waals surface area contributed by atoms with Gasteiger partial charge in [-0.3, -0.25) is 0 Å². The van der Waals surface area contributed by atoms with E-state index in [2.05, 4.69) is 13.8 Å². The molecule has 0 aliphatic rings. The minimum atomic E-state index is -4.64. The Bertz CT molecular complexity index is 134. The van der Waals surface area contributed by atoms with Crippen LogP contribution in [-0.2, 0) is 4.57 Å². The fraction of sp³-hybridized carbons (Fsp3) is 1.00. The average molecular weight is 352 g/mol. The van der Waals surface area contributed by atoms with Gasteiger partial charge in [0.05, 0.1) is 0 Å². The van der Waals surface area contributed by atoms with E-state index in [1.165, 1.54) is 25.7 Å². The Labute approximate surface area is 107 Å². The molecule has 14 heavy (non-hydrogen) atoms. The van der Waals surface area contributed by atoms with E-state index in [1.54, 1.807) is 3.88 Å². The van der Waals surface area contributed by atoms with E-state index in [-0.39, 0.29) is 37.6 Å². The predicted molar refractivity (Wildman–Crippen MR) is 53.7 cm³/mol. The molecule has 0 saturated carbocycles. The molecule has 0 heterocycles. The van der Waals surface area contributed by atoms with E-state index < -0.39 is 7.82 Å². The van der Waals surface area contributed by atoms with Gasteiger partial charge in [-0.1, -0.05) is 0 Å². The van der Waals surface area contributed by atoms with Crippen LogP contribution < -0.4 is 0 Å². The molecule has 0 saturated heterocycles. The Morgan fingerprint density at radius 2 is 1.29 bits per heavy atom. The van der Waals surface area contributed by atoms with Crippen molar-refractivity contribution in [2.45, 2.75) is 43.4 Å². The largest absolute Gasteiger partial charge is 0.466 e. The average Bonchev–Trinajstić information content (AvgIpc) is 2.01. The van der Waals surface area contributed by atoms with E-state index in [4.69, 9.17) is 19.2 Å². The Morgan fingerprint density at radius 1 is 1.00 bits per heavy atom. The maximum absolute atomic E-state index is 8.88. The maximum atomic E-state index is 8.88. The van der Waals surface area contributed by atoms with Gasteiger partial charge in [-0.25, -0.2) is 4.57 Å². The van der Waals surface area contributed by atoms with Gasteiger partial charge in [-0.2, -0.15) is 0 Å². The molecule has 0 aromatic rings. The van der Waals surface area contributed by atoms with Gasteiger partial charge >= 0.3 is 88.8 Å². The van der Waals surface area contributed by atoms with Gasteiger partial charge in [0.15, 0.2) is 0 Å². The number of unbranched alkanes of at least 4 members (excludes halogenated alkanes) is 2. The first kappa shape index (κ1) is 17.9. The van der Waals surface area contributed by atoms with Gasteiger partial charge < -0.3 is 14.7 Å². The SMILES string of the molecule is CCC[CH2][Ce][CH2]CCC.O=P(O)(O)O. The zero-order valence-electron chi connectivity index (χ0n) is 8.94. The molecule has 0 spiro atoms. The van der Waals surface area contributed by atoms with Crippen molar-refractivity contribution < 1.29 is 56.8 Å². The summed E-state index contributed by atoms with van der Waals surface area (Å²) in [5, 5.41) is 0. The van der Waals surface area contributed by atoms with Crippen LogP contribution in [-0.4, -0.2) is 14.7 Å². The molecule has 0 bridgehead atoms. The summed E-state index contributed by atoms with van der Waals surface area (Å²) in [5.74, 6) is 0. The number of hydrogen-bond donors (Lipinski definition) is 3. The van der Waals surface area contributed by atoms with E-state index in [9.17, 15) is 0 Å². The summed E-state index contributed by atoms with van der Waals surface area (Å²) in [6, 6.07) is 0. The molecule has 4 nitrogen and oxygen atoms in total. The van der Waals surface area contributed by atoms with Crippen LogP contribution in [0.15, 0.2) is 0 Å². The van der Waals surface area contributed by atoms with Crippen LogP contribution >= 0.6 is 7.82 Å². The zero-order valence-corrected chi connectivity index (χ0v) is 13.0. The summed E-state index contributed by atoms with van der Waals surface area (Å²) >= 11 is -0.0390. The Morgan fingerprint density at radius 3 is 1.50 bits per heavy atom. The van der Waals surface area contributed by atoms with E-state index >= 15 is 0 Å². The topological polar surface area (TPSA) is 77.8 Å². The van der Waals surface area contributed by atoms with Crippen LogP contribution in [0.3, 0.4) is 0 Å². The summed E-state index contributed by atoms with van der Waals surface area (Å²) < 4.78 is 12.2. The van der Waals surface area contributed by atoms with Crippen molar-refractivity contribution in [3.8, 4) is 0 Å². The van der Waals surface area contributed by atoms with Crippen LogP contribution in [0.1, 0.15) is 39.5 Å². The van der Waals surface area contributed by atoms with Crippen LogP contribution in [0.2, 0.25) is 3.88 Å². The first-order chi connectivity index (χ1) is 6.41. The standard InChI is InChI=1S/2C4H9.Ce.H3O4P/c2*1-3-4-2;;1-5(2,3)4/h2*1,3-4H2,2H3;;(H3,1,2,3,4). The second kappa shape index (κ2) is 12.6. The Balaban J connectivity index is 0. The molecule has 0 aliphatic heterocycles. The van der Waals surface area contributed by atoms with Crippen molar-refractivity contribution in [1.82, 2.24) is 0 Å². The van der Waals surface area contributed by atoms with Crippen LogP contribution in [0.5, 0.6) is 0 Å². The van der Waals surface area contributed by atoms with Crippen LogP contribution in [0, 0.1) is 37.6 Å². The Kier molecular flexibility index (Phi) is 16.0. The molecule has 0 atom stereocenters. The molecule has 6 heteroatoms. The fourth-order valence-electron chi connectivity index (χ4n) is 0.729. The fourth-order valence-corrected chi connectivity index (χ4v) is 5.30. The van der Waals surface area contributed by atoms with E-state index in [1.807, 2.05) is 0 Å². The third kappa shape index (κ3) is 37.5. The second-order valence-corrected chi connectivity index (χ2v) is 8.71. The number of hydrogen-bond acceptors (Lipinski definition) is 1. The minimum absolute atomic E-state index is 0.0390. The summed E-state index contributed by atoms with van der Waals surface area (Å²) in [5.41, 5.74) is 0. The van der Waals surface area contributed by atoms with Gasteiger partial charge in [0.1, 0.15) is 0 Å². The summed E-state index contributed by atoms with van der Waals surface area (Å²) in [4.78, 5) is 21.6. The first-order valence-corrected chi connectivity index (χ1v) is 10.9. The third-order valence-electron chi connectivity index (χ3n) is 1.41. The van der Waals surface area contributed by atoms with Gasteiger partial charge in [0, 0.05) is 0 Å². The molecule has 0 aromatic carbocycles. The van der Waals surface area contributed by atoms with Crippen LogP contribution in [0.25, 0.3) is 0 Å². The quantitative estimate of drug-likeness (QED) is 0.507. The molecule has 0 fully saturated rings. The van der Waals surface area contributed by atoms with Gasteiger partial charge in [-0.05, 0) is 0 Å². The number of rotatable bonds is 6. The molecule has 0 aromatic heterocycles. The third-order valence-corrected chi connectivity index (χ3v) is 5.85. The maximum Gasteiger partial charge on any atom is 0.466 e. The summed E-state index contributed by atoms with van der Waals surface area (Å²) in [6.07, 6.45) is 5.87.